The number of alkyl halides is 4. The molecule has 1 aliphatic heterocycles. The largest absolute Gasteiger partial charge is 0.393 e. The third kappa shape index (κ3) is 7.82. The van der Waals surface area contributed by atoms with E-state index in [1.54, 1.807) is 57.8 Å². The number of carbonyl (C=O) groups excluding carboxylic acids is 1. The molecule has 2 aromatic carbocycles. The highest BCUT2D eigenvalue weighted by Crippen LogP contribution is 2.40. The summed E-state index contributed by atoms with van der Waals surface area (Å²) in [5.74, 6) is 5.64. The van der Waals surface area contributed by atoms with E-state index in [-0.39, 0.29) is 29.4 Å². The van der Waals surface area contributed by atoms with Gasteiger partial charge in [-0.1, -0.05) is 24.0 Å². The van der Waals surface area contributed by atoms with Gasteiger partial charge >= 0.3 is 6.18 Å². The van der Waals surface area contributed by atoms with Gasteiger partial charge in [-0.25, -0.2) is 0 Å². The molecule has 0 aliphatic carbocycles. The summed E-state index contributed by atoms with van der Waals surface area (Å²) in [5.41, 5.74) is 1.76. The number of amides is 1. The second kappa shape index (κ2) is 12.9. The lowest BCUT2D eigenvalue weighted by Crippen LogP contribution is -2.45. The molecule has 2 N–H and O–H groups in total. The van der Waals surface area contributed by atoms with Crippen molar-refractivity contribution in [1.82, 2.24) is 9.80 Å². The zero-order valence-corrected chi connectivity index (χ0v) is 26.7. The van der Waals surface area contributed by atoms with Crippen LogP contribution in [0.3, 0.4) is 0 Å². The Hall–Kier alpha value is -2.70. The van der Waals surface area contributed by atoms with Crippen LogP contribution in [0.15, 0.2) is 36.4 Å². The Kier molecular flexibility index (Phi) is 9.89. The van der Waals surface area contributed by atoms with E-state index in [1.807, 2.05) is 13.1 Å². The number of hydrogen-bond acceptors (Lipinski definition) is 6. The van der Waals surface area contributed by atoms with E-state index in [0.29, 0.717) is 26.8 Å². The van der Waals surface area contributed by atoms with Gasteiger partial charge in [-0.2, -0.15) is 13.2 Å². The van der Waals surface area contributed by atoms with E-state index in [4.69, 9.17) is 11.6 Å². The molecule has 226 valence electrons. The molecule has 0 bridgehead atoms. The van der Waals surface area contributed by atoms with Gasteiger partial charge in [0.2, 0.25) is 0 Å². The van der Waals surface area contributed by atoms with Crippen LogP contribution in [0.2, 0.25) is 0 Å². The second-order valence-corrected chi connectivity index (χ2v) is 15.9. The maximum absolute atomic E-state index is 13.6. The van der Waals surface area contributed by atoms with Gasteiger partial charge in [0.15, 0.2) is 0 Å². The number of benzene rings is 2. The Morgan fingerprint density at radius 1 is 1.21 bits per heavy atom. The SMILES string of the molecule is CN1CC[C@@H](Nc2cccc3c(CC(F)(F)F)c(C#CCNc4ccc(P(C)(C)=O)cc4C(=O)N(C)C)sc23)[C@@H](Cl)C1. The van der Waals surface area contributed by atoms with E-state index >= 15 is 0 Å². The molecule has 12 heteroatoms. The average Bonchev–Trinajstić information content (AvgIpc) is 3.23. The molecule has 0 radical (unpaired) electrons. The Bertz CT molecular complexity index is 1570. The first-order chi connectivity index (χ1) is 19.6. The van der Waals surface area contributed by atoms with E-state index in [0.717, 1.165) is 29.9 Å². The normalized spacial score (nSPS) is 17.9. The number of carbonyl (C=O) groups is 1. The maximum Gasteiger partial charge on any atom is 0.393 e. The molecule has 1 aliphatic rings. The molecule has 4 rings (SSSR count). The molecule has 3 aromatic rings. The van der Waals surface area contributed by atoms with E-state index in [2.05, 4.69) is 27.4 Å². The lowest BCUT2D eigenvalue weighted by Gasteiger charge is -2.34. The summed E-state index contributed by atoms with van der Waals surface area (Å²) in [6, 6.07) is 10.3. The van der Waals surface area contributed by atoms with Crippen molar-refractivity contribution in [3.63, 3.8) is 0 Å². The van der Waals surface area contributed by atoms with Crippen LogP contribution in [0.5, 0.6) is 0 Å². The summed E-state index contributed by atoms with van der Waals surface area (Å²) >= 11 is 7.83. The molecule has 0 spiro atoms. The Balaban J connectivity index is 1.63. The monoisotopic (exact) mass is 638 g/mol. The molecule has 0 unspecified atom stereocenters. The number of halogens is 4. The lowest BCUT2D eigenvalue weighted by molar-refractivity contribution is -0.126. The number of fused-ring (bicyclic) bond motifs is 1. The van der Waals surface area contributed by atoms with Crippen LogP contribution in [0, 0.1) is 11.8 Å². The fourth-order valence-corrected chi connectivity index (χ4v) is 7.35. The minimum absolute atomic E-state index is 0.000139. The van der Waals surface area contributed by atoms with Crippen molar-refractivity contribution in [1.29, 1.82) is 0 Å². The molecule has 2 atom stereocenters. The molecule has 6 nitrogen and oxygen atoms in total. The zero-order valence-electron chi connectivity index (χ0n) is 24.2. The number of likely N-dealkylation sites (tertiary alicyclic amines) is 1. The van der Waals surface area contributed by atoms with Crippen LogP contribution in [0.4, 0.5) is 24.5 Å². The minimum atomic E-state index is -4.40. The molecular weight excluding hydrogens is 604 g/mol. The van der Waals surface area contributed by atoms with Crippen LogP contribution < -0.4 is 15.9 Å². The number of piperidine rings is 1. The fourth-order valence-electron chi connectivity index (χ4n) is 4.88. The van der Waals surface area contributed by atoms with Crippen molar-refractivity contribution in [3.05, 3.63) is 52.4 Å². The quantitative estimate of drug-likeness (QED) is 0.185. The summed E-state index contributed by atoms with van der Waals surface area (Å²) in [7, 11) is 2.67. The Labute approximate surface area is 254 Å². The van der Waals surface area contributed by atoms with E-state index in [1.165, 1.54) is 16.2 Å². The second-order valence-electron chi connectivity index (χ2n) is 11.1. The van der Waals surface area contributed by atoms with Gasteiger partial charge in [0.05, 0.1) is 39.2 Å². The van der Waals surface area contributed by atoms with Crippen molar-refractivity contribution >= 4 is 62.8 Å². The summed E-state index contributed by atoms with van der Waals surface area (Å²) in [6.07, 6.45) is -4.66. The smallest absolute Gasteiger partial charge is 0.380 e. The Morgan fingerprint density at radius 2 is 1.95 bits per heavy atom. The van der Waals surface area contributed by atoms with Gasteiger partial charge in [-0.05, 0) is 68.6 Å². The van der Waals surface area contributed by atoms with Crippen molar-refractivity contribution in [3.8, 4) is 11.8 Å². The fraction of sp³-hybridized carbons (Fsp3) is 0.433. The number of thiophene rings is 1. The van der Waals surface area contributed by atoms with Crippen LogP contribution >= 0.6 is 30.1 Å². The average molecular weight is 639 g/mol. The van der Waals surface area contributed by atoms with Gasteiger partial charge in [0, 0.05) is 37.7 Å². The predicted molar refractivity (Wildman–Crippen MR) is 170 cm³/mol. The third-order valence-corrected chi connectivity index (χ3v) is 10.3. The molecule has 1 amide bonds. The number of rotatable bonds is 7. The van der Waals surface area contributed by atoms with Crippen molar-refractivity contribution in [2.24, 2.45) is 0 Å². The summed E-state index contributed by atoms with van der Waals surface area (Å²) in [4.78, 5) is 16.8. The lowest BCUT2D eigenvalue weighted by atomic mass is 10.0. The molecule has 1 aromatic heterocycles. The maximum atomic E-state index is 13.6. The van der Waals surface area contributed by atoms with E-state index < -0.39 is 19.7 Å². The van der Waals surface area contributed by atoms with Crippen LogP contribution in [-0.4, -0.2) is 87.4 Å². The molecular formula is C30H35ClF3N4O2PS. The van der Waals surface area contributed by atoms with E-state index in [9.17, 15) is 22.5 Å². The zero-order chi connectivity index (χ0) is 30.8. The third-order valence-electron chi connectivity index (χ3n) is 7.11. The van der Waals surface area contributed by atoms with Crippen LogP contribution in [0.1, 0.15) is 27.2 Å². The van der Waals surface area contributed by atoms with Crippen molar-refractivity contribution < 1.29 is 22.5 Å². The molecule has 1 saturated heterocycles. The molecule has 1 fully saturated rings. The number of anilines is 2. The van der Waals surface area contributed by atoms with Gasteiger partial charge in [0.25, 0.3) is 5.91 Å². The van der Waals surface area contributed by atoms with Gasteiger partial charge in [0.1, 0.15) is 7.14 Å². The van der Waals surface area contributed by atoms with Crippen molar-refractivity contribution in [2.45, 2.75) is 30.4 Å². The molecule has 42 heavy (non-hydrogen) atoms. The summed E-state index contributed by atoms with van der Waals surface area (Å²) < 4.78 is 54.3. The van der Waals surface area contributed by atoms with Gasteiger partial charge < -0.3 is 25.0 Å². The van der Waals surface area contributed by atoms with Crippen molar-refractivity contribution in [2.75, 3.05) is 64.7 Å². The highest BCUT2D eigenvalue weighted by atomic mass is 35.5. The summed E-state index contributed by atoms with van der Waals surface area (Å²) in [5, 5.41) is 7.57. The number of nitrogens with one attached hydrogen (secondary N) is 2. The topological polar surface area (TPSA) is 64.7 Å². The first kappa shape index (κ1) is 32.2. The minimum Gasteiger partial charge on any atom is -0.380 e. The first-order valence-corrected chi connectivity index (χ1v) is 17.3. The summed E-state index contributed by atoms with van der Waals surface area (Å²) in [6.45, 7) is 4.97. The highest BCUT2D eigenvalue weighted by Gasteiger charge is 2.32. The standard InChI is InChI=1S/C30H35ClF3N4O2PS/c1-37(2)29(39)21-16-19(41(4,5)40)11-12-24(21)35-14-7-10-27-22(17-30(32,33)34)20-8-6-9-26(28(20)42-27)36-25-13-15-38(3)18-23(25)31/h6,8-9,11-12,16,23,25,35-36H,13-15,17-18H2,1-5H3/t23-,25+/m0/s1. The molecule has 0 saturated carbocycles. The number of hydrogen-bond donors (Lipinski definition) is 2. The number of nitrogens with zero attached hydrogens (tertiary/aromatic N) is 2. The predicted octanol–water partition coefficient (Wildman–Crippen LogP) is 6.14. The first-order valence-electron chi connectivity index (χ1n) is 13.5. The van der Waals surface area contributed by atoms with Crippen LogP contribution in [-0.2, 0) is 11.0 Å². The Morgan fingerprint density at radius 3 is 2.60 bits per heavy atom. The van der Waals surface area contributed by atoms with Crippen LogP contribution in [0.25, 0.3) is 10.1 Å². The van der Waals surface area contributed by atoms with Gasteiger partial charge in [-0.15, -0.1) is 22.9 Å². The highest BCUT2D eigenvalue weighted by molar-refractivity contribution is 7.70. The molecule has 2 heterocycles. The van der Waals surface area contributed by atoms with Gasteiger partial charge in [-0.3, -0.25) is 4.79 Å².